The number of nitrogens with zero attached hydrogens (tertiary/aromatic N) is 2. The van der Waals surface area contributed by atoms with Gasteiger partial charge in [0.15, 0.2) is 0 Å². The standard InChI is InChI=1S/C20H21N3O3/c1-4-25-17-10-8-14(9-11-17)20-22-18(23-26-20)15-6-5-7-16(12-15)19(24)21-13(2)3/h5-13H,4H2,1-3H3,(H,21,24). The first kappa shape index (κ1) is 17.7. The fourth-order valence-electron chi connectivity index (χ4n) is 2.46. The quantitative estimate of drug-likeness (QED) is 0.728. The second kappa shape index (κ2) is 7.82. The van der Waals surface area contributed by atoms with Crippen LogP contribution in [0.1, 0.15) is 31.1 Å². The van der Waals surface area contributed by atoms with Crippen molar-refractivity contribution in [1.29, 1.82) is 0 Å². The molecule has 26 heavy (non-hydrogen) atoms. The number of hydrogen-bond acceptors (Lipinski definition) is 5. The number of carbonyl (C=O) groups excluding carboxylic acids is 1. The molecule has 2 aromatic carbocycles. The largest absolute Gasteiger partial charge is 0.494 e. The van der Waals surface area contributed by atoms with Crippen LogP contribution >= 0.6 is 0 Å². The highest BCUT2D eigenvalue weighted by molar-refractivity contribution is 5.95. The van der Waals surface area contributed by atoms with Crippen LogP contribution in [0.25, 0.3) is 22.8 Å². The second-order valence-corrected chi connectivity index (χ2v) is 6.09. The lowest BCUT2D eigenvalue weighted by molar-refractivity contribution is 0.0943. The minimum atomic E-state index is -0.128. The maximum absolute atomic E-state index is 12.2. The molecule has 1 N–H and O–H groups in total. The third-order valence-corrected chi connectivity index (χ3v) is 3.64. The molecule has 1 aromatic heterocycles. The van der Waals surface area contributed by atoms with Crippen LogP contribution in [0.2, 0.25) is 0 Å². The highest BCUT2D eigenvalue weighted by atomic mass is 16.5. The molecule has 0 saturated carbocycles. The van der Waals surface area contributed by atoms with Crippen LogP contribution in [0, 0.1) is 0 Å². The highest BCUT2D eigenvalue weighted by Crippen LogP contribution is 2.24. The molecule has 134 valence electrons. The molecule has 0 aliphatic carbocycles. The van der Waals surface area contributed by atoms with Crippen LogP contribution in [-0.4, -0.2) is 28.7 Å². The van der Waals surface area contributed by atoms with E-state index in [0.29, 0.717) is 23.9 Å². The molecular formula is C20H21N3O3. The summed E-state index contributed by atoms with van der Waals surface area (Å²) in [6, 6.07) is 14.7. The van der Waals surface area contributed by atoms with Crippen molar-refractivity contribution in [2.45, 2.75) is 26.8 Å². The summed E-state index contributed by atoms with van der Waals surface area (Å²) in [5, 5.41) is 6.90. The molecule has 0 aliphatic heterocycles. The van der Waals surface area contributed by atoms with E-state index in [1.165, 1.54) is 0 Å². The van der Waals surface area contributed by atoms with Gasteiger partial charge in [-0.2, -0.15) is 4.98 Å². The minimum Gasteiger partial charge on any atom is -0.494 e. The number of amides is 1. The van der Waals surface area contributed by atoms with E-state index in [-0.39, 0.29) is 11.9 Å². The van der Waals surface area contributed by atoms with Crippen molar-refractivity contribution in [2.75, 3.05) is 6.61 Å². The van der Waals surface area contributed by atoms with Gasteiger partial charge in [-0.05, 0) is 57.2 Å². The number of aromatic nitrogens is 2. The molecule has 0 atom stereocenters. The maximum atomic E-state index is 12.2. The first-order valence-electron chi connectivity index (χ1n) is 8.55. The van der Waals surface area contributed by atoms with E-state index >= 15 is 0 Å². The number of benzene rings is 2. The van der Waals surface area contributed by atoms with Gasteiger partial charge in [0.1, 0.15) is 5.75 Å². The number of nitrogens with one attached hydrogen (secondary N) is 1. The van der Waals surface area contributed by atoms with Crippen molar-refractivity contribution >= 4 is 5.91 Å². The molecule has 0 saturated heterocycles. The number of ether oxygens (including phenoxy) is 1. The van der Waals surface area contributed by atoms with E-state index in [2.05, 4.69) is 15.5 Å². The van der Waals surface area contributed by atoms with E-state index in [0.717, 1.165) is 16.9 Å². The first-order valence-corrected chi connectivity index (χ1v) is 8.55. The van der Waals surface area contributed by atoms with E-state index in [1.54, 1.807) is 18.2 Å². The van der Waals surface area contributed by atoms with Gasteiger partial charge in [-0.1, -0.05) is 17.3 Å². The molecule has 6 nitrogen and oxygen atoms in total. The average Bonchev–Trinajstić information content (AvgIpc) is 3.12. The van der Waals surface area contributed by atoms with Crippen molar-refractivity contribution in [3.8, 4) is 28.6 Å². The summed E-state index contributed by atoms with van der Waals surface area (Å²) in [5.74, 6) is 1.52. The monoisotopic (exact) mass is 351 g/mol. The van der Waals surface area contributed by atoms with E-state index in [1.807, 2.05) is 51.1 Å². The topological polar surface area (TPSA) is 77.2 Å². The van der Waals surface area contributed by atoms with Crippen molar-refractivity contribution in [1.82, 2.24) is 15.5 Å². The summed E-state index contributed by atoms with van der Waals surface area (Å²) in [5.41, 5.74) is 2.09. The van der Waals surface area contributed by atoms with Crippen LogP contribution in [0.5, 0.6) is 5.75 Å². The maximum Gasteiger partial charge on any atom is 0.258 e. The Kier molecular flexibility index (Phi) is 5.31. The highest BCUT2D eigenvalue weighted by Gasteiger charge is 2.13. The fourth-order valence-corrected chi connectivity index (χ4v) is 2.46. The fraction of sp³-hybridized carbons (Fsp3) is 0.250. The number of rotatable bonds is 6. The molecule has 1 amide bonds. The van der Waals surface area contributed by atoms with Gasteiger partial charge in [0.05, 0.1) is 6.61 Å². The zero-order valence-electron chi connectivity index (χ0n) is 15.0. The van der Waals surface area contributed by atoms with Crippen LogP contribution in [0.15, 0.2) is 53.1 Å². The number of carbonyl (C=O) groups is 1. The molecule has 0 aliphatic rings. The van der Waals surface area contributed by atoms with Gasteiger partial charge in [0, 0.05) is 22.7 Å². The lowest BCUT2D eigenvalue weighted by Crippen LogP contribution is -2.30. The zero-order valence-corrected chi connectivity index (χ0v) is 15.0. The molecule has 3 aromatic rings. The Hall–Kier alpha value is -3.15. The van der Waals surface area contributed by atoms with Gasteiger partial charge in [-0.3, -0.25) is 4.79 Å². The van der Waals surface area contributed by atoms with E-state index in [9.17, 15) is 4.79 Å². The Balaban J connectivity index is 1.82. The molecule has 0 unspecified atom stereocenters. The van der Waals surface area contributed by atoms with E-state index < -0.39 is 0 Å². The lowest BCUT2D eigenvalue weighted by Gasteiger charge is -2.08. The first-order chi connectivity index (χ1) is 12.6. The summed E-state index contributed by atoms with van der Waals surface area (Å²) in [7, 11) is 0. The summed E-state index contributed by atoms with van der Waals surface area (Å²) in [6.07, 6.45) is 0. The van der Waals surface area contributed by atoms with Crippen molar-refractivity contribution in [2.24, 2.45) is 0 Å². The predicted octanol–water partition coefficient (Wildman–Crippen LogP) is 3.94. The Morgan fingerprint density at radius 1 is 1.15 bits per heavy atom. The van der Waals surface area contributed by atoms with Gasteiger partial charge in [-0.25, -0.2) is 0 Å². The Labute approximate surface area is 152 Å². The normalized spacial score (nSPS) is 10.8. The van der Waals surface area contributed by atoms with Crippen LogP contribution in [0.3, 0.4) is 0 Å². The van der Waals surface area contributed by atoms with Crippen molar-refractivity contribution in [3.63, 3.8) is 0 Å². The SMILES string of the molecule is CCOc1ccc(-c2nc(-c3cccc(C(=O)NC(C)C)c3)no2)cc1. The van der Waals surface area contributed by atoms with Crippen LogP contribution < -0.4 is 10.1 Å². The molecule has 1 heterocycles. The predicted molar refractivity (Wildman–Crippen MR) is 98.9 cm³/mol. The number of hydrogen-bond donors (Lipinski definition) is 1. The third-order valence-electron chi connectivity index (χ3n) is 3.64. The molecule has 0 spiro atoms. The third kappa shape index (κ3) is 4.08. The summed E-state index contributed by atoms with van der Waals surface area (Å²) < 4.78 is 10.8. The summed E-state index contributed by atoms with van der Waals surface area (Å²) in [6.45, 7) is 6.40. The Morgan fingerprint density at radius 3 is 2.62 bits per heavy atom. The molecule has 0 radical (unpaired) electrons. The van der Waals surface area contributed by atoms with Crippen molar-refractivity contribution < 1.29 is 14.1 Å². The Bertz CT molecular complexity index is 885. The zero-order chi connectivity index (χ0) is 18.5. The Morgan fingerprint density at radius 2 is 1.92 bits per heavy atom. The molecule has 0 fully saturated rings. The van der Waals surface area contributed by atoms with Gasteiger partial charge in [-0.15, -0.1) is 0 Å². The van der Waals surface area contributed by atoms with Crippen LogP contribution in [-0.2, 0) is 0 Å². The second-order valence-electron chi connectivity index (χ2n) is 6.09. The van der Waals surface area contributed by atoms with Gasteiger partial charge in [0.2, 0.25) is 5.82 Å². The van der Waals surface area contributed by atoms with E-state index in [4.69, 9.17) is 9.26 Å². The van der Waals surface area contributed by atoms with Gasteiger partial charge < -0.3 is 14.6 Å². The lowest BCUT2D eigenvalue weighted by atomic mass is 10.1. The smallest absolute Gasteiger partial charge is 0.258 e. The van der Waals surface area contributed by atoms with Crippen LogP contribution in [0.4, 0.5) is 0 Å². The molecular weight excluding hydrogens is 330 g/mol. The summed E-state index contributed by atoms with van der Waals surface area (Å²) >= 11 is 0. The van der Waals surface area contributed by atoms with Crippen molar-refractivity contribution in [3.05, 3.63) is 54.1 Å². The summed E-state index contributed by atoms with van der Waals surface area (Å²) in [4.78, 5) is 16.6. The average molecular weight is 351 g/mol. The molecule has 3 rings (SSSR count). The van der Waals surface area contributed by atoms with Gasteiger partial charge in [0.25, 0.3) is 11.8 Å². The molecule has 0 bridgehead atoms. The van der Waals surface area contributed by atoms with Gasteiger partial charge >= 0.3 is 0 Å². The minimum absolute atomic E-state index is 0.0718. The molecule has 6 heteroatoms.